The molecule has 0 radical (unpaired) electrons. The van der Waals surface area contributed by atoms with Crippen LogP contribution in [-0.4, -0.2) is 17.1 Å². The largest absolute Gasteiger partial charge is 0.439 e. The van der Waals surface area contributed by atoms with E-state index < -0.39 is 0 Å². The number of nitrogens with zero attached hydrogens (tertiary/aromatic N) is 1. The maximum atomic E-state index is 13.3. The van der Waals surface area contributed by atoms with Gasteiger partial charge < -0.3 is 9.73 Å². The molecular weight excluding hydrogens is 279 g/mol. The first-order valence-corrected chi connectivity index (χ1v) is 7.55. The van der Waals surface area contributed by atoms with Gasteiger partial charge in [0, 0.05) is 24.6 Å². The Balaban J connectivity index is 1.58. The fourth-order valence-corrected chi connectivity index (χ4v) is 3.92. The highest BCUT2D eigenvalue weighted by Crippen LogP contribution is 2.34. The van der Waals surface area contributed by atoms with Crippen molar-refractivity contribution < 1.29 is 8.81 Å². The van der Waals surface area contributed by atoms with Crippen LogP contribution in [0.1, 0.15) is 31.6 Å². The highest BCUT2D eigenvalue weighted by Gasteiger charge is 2.34. The molecule has 1 aromatic carbocycles. The van der Waals surface area contributed by atoms with Gasteiger partial charge in [0.2, 0.25) is 0 Å². The van der Waals surface area contributed by atoms with E-state index in [0.29, 0.717) is 40.0 Å². The van der Waals surface area contributed by atoms with E-state index in [1.807, 2.05) is 0 Å². The molecular formula is C15H16ClFN2O. The molecule has 0 saturated carbocycles. The van der Waals surface area contributed by atoms with Gasteiger partial charge >= 0.3 is 0 Å². The van der Waals surface area contributed by atoms with Gasteiger partial charge in [0.1, 0.15) is 11.3 Å². The molecule has 2 aliphatic heterocycles. The van der Waals surface area contributed by atoms with Crippen LogP contribution < -0.4 is 5.32 Å². The Morgan fingerprint density at radius 3 is 2.80 bits per heavy atom. The van der Waals surface area contributed by atoms with Gasteiger partial charge in [0.05, 0.1) is 5.02 Å². The van der Waals surface area contributed by atoms with Crippen molar-refractivity contribution in [3.63, 3.8) is 0 Å². The number of halogens is 2. The minimum absolute atomic E-state index is 0.295. The summed E-state index contributed by atoms with van der Waals surface area (Å²) in [6, 6.07) is 3.96. The molecule has 2 aliphatic rings. The third kappa shape index (κ3) is 2.21. The van der Waals surface area contributed by atoms with Crippen LogP contribution in [0.3, 0.4) is 0 Å². The number of hydrogen-bond acceptors (Lipinski definition) is 3. The highest BCUT2D eigenvalue weighted by molar-refractivity contribution is 6.34. The van der Waals surface area contributed by atoms with Crippen molar-refractivity contribution in [1.82, 2.24) is 10.3 Å². The Labute approximate surface area is 121 Å². The SMILES string of the molecule is Fc1cc(Cl)c2oc(CC3CC4CCC(C3)N4)nc2c1. The van der Waals surface area contributed by atoms with Gasteiger partial charge in [-0.1, -0.05) is 11.6 Å². The fraction of sp³-hybridized carbons (Fsp3) is 0.533. The number of nitrogens with one attached hydrogen (secondary N) is 1. The van der Waals surface area contributed by atoms with Crippen LogP contribution in [0.25, 0.3) is 11.1 Å². The first-order valence-electron chi connectivity index (χ1n) is 7.18. The molecule has 0 amide bonds. The van der Waals surface area contributed by atoms with Crippen LogP contribution in [0.2, 0.25) is 5.02 Å². The second-order valence-corrected chi connectivity index (χ2v) is 6.43. The van der Waals surface area contributed by atoms with Crippen molar-refractivity contribution >= 4 is 22.7 Å². The Kier molecular flexibility index (Phi) is 2.97. The molecule has 2 bridgehead atoms. The van der Waals surface area contributed by atoms with Gasteiger partial charge in [0.15, 0.2) is 11.5 Å². The maximum absolute atomic E-state index is 13.3. The summed E-state index contributed by atoms with van der Waals surface area (Å²) < 4.78 is 19.0. The van der Waals surface area contributed by atoms with Crippen LogP contribution in [0.5, 0.6) is 0 Å². The third-order valence-electron chi connectivity index (χ3n) is 4.49. The summed E-state index contributed by atoms with van der Waals surface area (Å²) in [5, 5.41) is 3.92. The summed E-state index contributed by atoms with van der Waals surface area (Å²) in [7, 11) is 0. The van der Waals surface area contributed by atoms with Crippen molar-refractivity contribution in [2.45, 2.75) is 44.2 Å². The van der Waals surface area contributed by atoms with Gasteiger partial charge in [-0.05, 0) is 37.7 Å². The Bertz CT molecular complexity index is 645. The van der Waals surface area contributed by atoms with Crippen LogP contribution in [0, 0.1) is 11.7 Å². The molecule has 2 aromatic rings. The lowest BCUT2D eigenvalue weighted by atomic mass is 9.90. The second kappa shape index (κ2) is 4.71. The average Bonchev–Trinajstić information content (AvgIpc) is 2.93. The molecule has 5 heteroatoms. The van der Waals surface area contributed by atoms with Gasteiger partial charge in [-0.25, -0.2) is 9.37 Å². The highest BCUT2D eigenvalue weighted by atomic mass is 35.5. The van der Waals surface area contributed by atoms with Gasteiger partial charge in [-0.2, -0.15) is 0 Å². The number of benzene rings is 1. The minimum Gasteiger partial charge on any atom is -0.439 e. The maximum Gasteiger partial charge on any atom is 0.195 e. The molecule has 1 aromatic heterocycles. The van der Waals surface area contributed by atoms with E-state index in [4.69, 9.17) is 16.0 Å². The minimum atomic E-state index is -0.373. The quantitative estimate of drug-likeness (QED) is 0.918. The van der Waals surface area contributed by atoms with Gasteiger partial charge in [-0.15, -0.1) is 0 Å². The molecule has 2 fully saturated rings. The van der Waals surface area contributed by atoms with E-state index in [1.165, 1.54) is 37.8 Å². The summed E-state index contributed by atoms with van der Waals surface area (Å²) in [4.78, 5) is 4.39. The van der Waals surface area contributed by atoms with Crippen molar-refractivity contribution in [3.8, 4) is 0 Å². The molecule has 0 aliphatic carbocycles. The fourth-order valence-electron chi connectivity index (χ4n) is 3.68. The molecule has 2 saturated heterocycles. The van der Waals surface area contributed by atoms with Crippen LogP contribution >= 0.6 is 11.6 Å². The lowest BCUT2D eigenvalue weighted by molar-refractivity contribution is 0.284. The van der Waals surface area contributed by atoms with Crippen molar-refractivity contribution in [2.24, 2.45) is 5.92 Å². The Hall–Kier alpha value is -1.13. The average molecular weight is 295 g/mol. The lowest BCUT2D eigenvalue weighted by Gasteiger charge is -2.28. The van der Waals surface area contributed by atoms with Crippen molar-refractivity contribution in [3.05, 3.63) is 28.9 Å². The molecule has 106 valence electrons. The predicted molar refractivity (Wildman–Crippen MR) is 75.4 cm³/mol. The standard InChI is InChI=1S/C15H16ClFN2O/c16-12-6-9(17)7-13-15(12)20-14(19-13)5-8-3-10-1-2-11(4-8)18-10/h6-8,10-11,18H,1-5H2. The lowest BCUT2D eigenvalue weighted by Crippen LogP contribution is -2.38. The number of piperidine rings is 1. The van der Waals surface area contributed by atoms with E-state index in [-0.39, 0.29) is 5.82 Å². The topological polar surface area (TPSA) is 38.1 Å². The van der Waals surface area contributed by atoms with E-state index in [2.05, 4.69) is 10.3 Å². The molecule has 3 nitrogen and oxygen atoms in total. The number of fused-ring (bicyclic) bond motifs is 3. The van der Waals surface area contributed by atoms with Crippen LogP contribution in [-0.2, 0) is 6.42 Å². The first-order chi connectivity index (χ1) is 9.67. The van der Waals surface area contributed by atoms with E-state index in [0.717, 1.165) is 6.42 Å². The summed E-state index contributed by atoms with van der Waals surface area (Å²) in [5.41, 5.74) is 1.02. The van der Waals surface area contributed by atoms with Crippen LogP contribution in [0.15, 0.2) is 16.5 Å². The molecule has 20 heavy (non-hydrogen) atoms. The molecule has 2 atom stereocenters. The third-order valence-corrected chi connectivity index (χ3v) is 4.77. The number of hydrogen-bond donors (Lipinski definition) is 1. The zero-order valence-electron chi connectivity index (χ0n) is 11.0. The van der Waals surface area contributed by atoms with Crippen molar-refractivity contribution in [2.75, 3.05) is 0 Å². The summed E-state index contributed by atoms with van der Waals surface area (Å²) >= 11 is 5.99. The first kappa shape index (κ1) is 12.6. The zero-order valence-corrected chi connectivity index (χ0v) is 11.8. The Morgan fingerprint density at radius 2 is 2.05 bits per heavy atom. The van der Waals surface area contributed by atoms with E-state index >= 15 is 0 Å². The van der Waals surface area contributed by atoms with E-state index in [1.54, 1.807) is 0 Å². The molecule has 4 rings (SSSR count). The van der Waals surface area contributed by atoms with Crippen LogP contribution in [0.4, 0.5) is 4.39 Å². The van der Waals surface area contributed by atoms with Gasteiger partial charge in [0.25, 0.3) is 0 Å². The zero-order chi connectivity index (χ0) is 13.7. The monoisotopic (exact) mass is 294 g/mol. The molecule has 2 unspecified atom stereocenters. The number of rotatable bonds is 2. The van der Waals surface area contributed by atoms with Crippen molar-refractivity contribution in [1.29, 1.82) is 0 Å². The molecule has 0 spiro atoms. The van der Waals surface area contributed by atoms with E-state index in [9.17, 15) is 4.39 Å². The second-order valence-electron chi connectivity index (χ2n) is 6.02. The normalized spacial score (nSPS) is 29.2. The number of oxazole rings is 1. The van der Waals surface area contributed by atoms with Gasteiger partial charge in [-0.3, -0.25) is 0 Å². The summed E-state index contributed by atoms with van der Waals surface area (Å²) in [6.07, 6.45) is 5.74. The molecule has 3 heterocycles. The summed E-state index contributed by atoms with van der Waals surface area (Å²) in [6.45, 7) is 0. The smallest absolute Gasteiger partial charge is 0.195 e. The molecule has 1 N–H and O–H groups in total. The predicted octanol–water partition coefficient (Wildman–Crippen LogP) is 3.69. The summed E-state index contributed by atoms with van der Waals surface area (Å²) in [5.74, 6) is 0.909. The number of aromatic nitrogens is 1. The Morgan fingerprint density at radius 1 is 1.30 bits per heavy atom.